The molecule has 0 saturated heterocycles. The van der Waals surface area contributed by atoms with E-state index in [1.54, 1.807) is 4.57 Å². The van der Waals surface area contributed by atoms with Crippen molar-refractivity contribution in [3.63, 3.8) is 0 Å². The number of carbonyl (C=O) groups is 1. The SMILES string of the molecule is Cn1c2c(cc(-c3ccccc3)c1=O)CN(C(=O)c1scc3c1OCCO3)CC2. The van der Waals surface area contributed by atoms with Crippen molar-refractivity contribution in [2.45, 2.75) is 13.0 Å². The molecule has 0 bridgehead atoms. The van der Waals surface area contributed by atoms with Crippen LogP contribution in [0.3, 0.4) is 0 Å². The molecule has 7 heteroatoms. The molecule has 1 aromatic carbocycles. The number of rotatable bonds is 2. The van der Waals surface area contributed by atoms with Gasteiger partial charge in [-0.2, -0.15) is 0 Å². The van der Waals surface area contributed by atoms with Crippen molar-refractivity contribution >= 4 is 17.2 Å². The van der Waals surface area contributed by atoms with Gasteiger partial charge in [0.15, 0.2) is 11.5 Å². The molecule has 5 rings (SSSR count). The molecule has 2 aromatic heterocycles. The van der Waals surface area contributed by atoms with E-state index in [1.807, 2.05) is 53.7 Å². The predicted molar refractivity (Wildman–Crippen MR) is 111 cm³/mol. The highest BCUT2D eigenvalue weighted by atomic mass is 32.1. The van der Waals surface area contributed by atoms with E-state index in [1.165, 1.54) is 11.3 Å². The number of nitrogens with zero attached hydrogens (tertiary/aromatic N) is 2. The Hall–Kier alpha value is -3.06. The Kier molecular flexibility index (Phi) is 4.39. The largest absolute Gasteiger partial charge is 0.485 e. The summed E-state index contributed by atoms with van der Waals surface area (Å²) in [5.41, 5.74) is 3.54. The van der Waals surface area contributed by atoms with Crippen LogP contribution in [0.2, 0.25) is 0 Å². The number of pyridine rings is 1. The third-order valence-electron chi connectivity index (χ3n) is 5.48. The van der Waals surface area contributed by atoms with E-state index in [0.717, 1.165) is 16.8 Å². The van der Waals surface area contributed by atoms with Gasteiger partial charge < -0.3 is 18.9 Å². The Balaban J connectivity index is 1.49. The maximum Gasteiger partial charge on any atom is 0.268 e. The summed E-state index contributed by atoms with van der Waals surface area (Å²) >= 11 is 1.36. The van der Waals surface area contributed by atoms with Crippen LogP contribution >= 0.6 is 11.3 Å². The summed E-state index contributed by atoms with van der Waals surface area (Å²) in [4.78, 5) is 28.4. The van der Waals surface area contributed by atoms with Gasteiger partial charge in [0, 0.05) is 43.2 Å². The van der Waals surface area contributed by atoms with Gasteiger partial charge in [-0.25, -0.2) is 0 Å². The van der Waals surface area contributed by atoms with Gasteiger partial charge in [-0.15, -0.1) is 11.3 Å². The average molecular weight is 408 g/mol. The first-order valence-electron chi connectivity index (χ1n) is 9.57. The van der Waals surface area contributed by atoms with Crippen LogP contribution in [0, 0.1) is 0 Å². The van der Waals surface area contributed by atoms with Crippen molar-refractivity contribution in [1.82, 2.24) is 9.47 Å². The molecular weight excluding hydrogens is 388 g/mol. The quantitative estimate of drug-likeness (QED) is 0.654. The first-order chi connectivity index (χ1) is 14.1. The molecule has 3 aromatic rings. The third kappa shape index (κ3) is 3.02. The lowest BCUT2D eigenvalue weighted by Gasteiger charge is -2.30. The molecule has 0 fully saturated rings. The molecule has 148 valence electrons. The van der Waals surface area contributed by atoms with E-state index >= 15 is 0 Å². The number of aromatic nitrogens is 1. The average Bonchev–Trinajstić information content (AvgIpc) is 3.20. The minimum atomic E-state index is -0.0532. The van der Waals surface area contributed by atoms with Crippen LogP contribution in [0.4, 0.5) is 0 Å². The molecular formula is C22H20N2O4S. The number of hydrogen-bond donors (Lipinski definition) is 0. The zero-order valence-electron chi connectivity index (χ0n) is 16.0. The molecule has 2 aliphatic rings. The van der Waals surface area contributed by atoms with Gasteiger partial charge in [0.1, 0.15) is 18.1 Å². The van der Waals surface area contributed by atoms with E-state index in [9.17, 15) is 9.59 Å². The second-order valence-electron chi connectivity index (χ2n) is 7.19. The molecule has 29 heavy (non-hydrogen) atoms. The van der Waals surface area contributed by atoms with Gasteiger partial charge in [-0.05, 0) is 17.2 Å². The van der Waals surface area contributed by atoms with Crippen LogP contribution in [-0.2, 0) is 20.0 Å². The maximum absolute atomic E-state index is 13.2. The number of hydrogen-bond acceptors (Lipinski definition) is 5. The van der Waals surface area contributed by atoms with E-state index in [0.29, 0.717) is 54.7 Å². The van der Waals surface area contributed by atoms with Crippen LogP contribution in [0.5, 0.6) is 11.5 Å². The third-order valence-corrected chi connectivity index (χ3v) is 6.40. The molecule has 0 spiro atoms. The predicted octanol–water partition coefficient (Wildman–Crippen LogP) is 3.08. The first kappa shape index (κ1) is 18.0. The van der Waals surface area contributed by atoms with Crippen LogP contribution in [0.1, 0.15) is 20.9 Å². The van der Waals surface area contributed by atoms with Crippen molar-refractivity contribution in [3.05, 3.63) is 68.3 Å². The van der Waals surface area contributed by atoms with Gasteiger partial charge in [0.25, 0.3) is 11.5 Å². The molecule has 0 aliphatic carbocycles. The number of fused-ring (bicyclic) bond motifs is 2. The van der Waals surface area contributed by atoms with Gasteiger partial charge in [-0.3, -0.25) is 9.59 Å². The van der Waals surface area contributed by atoms with Crippen LogP contribution < -0.4 is 15.0 Å². The second-order valence-corrected chi connectivity index (χ2v) is 8.07. The number of benzene rings is 1. The van der Waals surface area contributed by atoms with Crippen molar-refractivity contribution in [1.29, 1.82) is 0 Å². The lowest BCUT2D eigenvalue weighted by molar-refractivity contribution is 0.0728. The van der Waals surface area contributed by atoms with Crippen LogP contribution in [0.25, 0.3) is 11.1 Å². The standard InChI is InChI=1S/C22H20N2O4S/c1-23-17-7-8-24(22(26)20-19-18(13-29-20)27-9-10-28-19)12-15(17)11-16(21(23)25)14-5-3-2-4-6-14/h2-6,11,13H,7-10,12H2,1H3. The maximum atomic E-state index is 13.2. The molecule has 0 saturated carbocycles. The molecule has 0 N–H and O–H groups in total. The van der Waals surface area contributed by atoms with Crippen molar-refractivity contribution in [3.8, 4) is 22.6 Å². The summed E-state index contributed by atoms with van der Waals surface area (Å²) in [5, 5.41) is 1.83. The van der Waals surface area contributed by atoms with E-state index in [4.69, 9.17) is 9.47 Å². The minimum Gasteiger partial charge on any atom is -0.485 e. The Morgan fingerprint density at radius 2 is 1.93 bits per heavy atom. The van der Waals surface area contributed by atoms with Gasteiger partial charge in [0.2, 0.25) is 0 Å². The van der Waals surface area contributed by atoms with Crippen LogP contribution in [0.15, 0.2) is 46.6 Å². The van der Waals surface area contributed by atoms with Crippen molar-refractivity contribution in [2.24, 2.45) is 7.05 Å². The van der Waals surface area contributed by atoms with Gasteiger partial charge >= 0.3 is 0 Å². The Labute approximate surface area is 171 Å². The Bertz CT molecular complexity index is 1150. The fourth-order valence-corrected chi connectivity index (χ4v) is 4.88. The van der Waals surface area contributed by atoms with E-state index < -0.39 is 0 Å². The van der Waals surface area contributed by atoms with E-state index in [-0.39, 0.29) is 11.5 Å². The highest BCUT2D eigenvalue weighted by Crippen LogP contribution is 2.40. The number of thiophene rings is 1. The molecule has 0 atom stereocenters. The lowest BCUT2D eigenvalue weighted by atomic mass is 9.99. The molecule has 6 nitrogen and oxygen atoms in total. The van der Waals surface area contributed by atoms with Gasteiger partial charge in [0.05, 0.1) is 0 Å². The molecule has 0 radical (unpaired) electrons. The number of ether oxygens (including phenoxy) is 2. The molecule has 4 heterocycles. The van der Waals surface area contributed by atoms with Gasteiger partial charge in [-0.1, -0.05) is 30.3 Å². The van der Waals surface area contributed by atoms with E-state index in [2.05, 4.69) is 0 Å². The molecule has 0 unspecified atom stereocenters. The second kappa shape index (κ2) is 7.08. The summed E-state index contributed by atoms with van der Waals surface area (Å²) in [6, 6.07) is 11.6. The number of carbonyl (C=O) groups excluding carboxylic acids is 1. The Morgan fingerprint density at radius 3 is 2.76 bits per heavy atom. The molecule has 1 amide bonds. The summed E-state index contributed by atoms with van der Waals surface area (Å²) in [6.07, 6.45) is 0.646. The summed E-state index contributed by atoms with van der Waals surface area (Å²) in [5.74, 6) is 1.15. The van der Waals surface area contributed by atoms with Crippen molar-refractivity contribution < 1.29 is 14.3 Å². The Morgan fingerprint density at radius 1 is 1.14 bits per heavy atom. The molecule has 2 aliphatic heterocycles. The zero-order valence-corrected chi connectivity index (χ0v) is 16.8. The fraction of sp³-hybridized carbons (Fsp3) is 0.273. The minimum absolute atomic E-state index is 0.00685. The number of amides is 1. The highest BCUT2D eigenvalue weighted by Gasteiger charge is 2.30. The zero-order chi connectivity index (χ0) is 20.0. The smallest absolute Gasteiger partial charge is 0.268 e. The fourth-order valence-electron chi connectivity index (χ4n) is 3.98. The lowest BCUT2D eigenvalue weighted by Crippen LogP contribution is -2.39. The summed E-state index contributed by atoms with van der Waals surface area (Å²) < 4.78 is 13.0. The summed E-state index contributed by atoms with van der Waals surface area (Å²) in [7, 11) is 1.81. The first-order valence-corrected chi connectivity index (χ1v) is 10.4. The van der Waals surface area contributed by atoms with Crippen LogP contribution in [-0.4, -0.2) is 35.1 Å². The summed E-state index contributed by atoms with van der Waals surface area (Å²) in [6.45, 7) is 1.99. The van der Waals surface area contributed by atoms with Crippen molar-refractivity contribution in [2.75, 3.05) is 19.8 Å². The normalized spacial score (nSPS) is 15.1. The monoisotopic (exact) mass is 408 g/mol. The topological polar surface area (TPSA) is 60.8 Å². The highest BCUT2D eigenvalue weighted by molar-refractivity contribution is 7.12.